The Morgan fingerprint density at radius 3 is 2.79 bits per heavy atom. The van der Waals surface area contributed by atoms with Crippen LogP contribution >= 0.6 is 0 Å². The highest BCUT2D eigenvalue weighted by Crippen LogP contribution is 2.11. The maximum atomic E-state index is 12.3. The van der Waals surface area contributed by atoms with Crippen LogP contribution in [0.4, 0.5) is 0 Å². The molecule has 0 spiro atoms. The first kappa shape index (κ1) is 11.5. The van der Waals surface area contributed by atoms with Gasteiger partial charge in [-0.15, -0.1) is 0 Å². The Labute approximate surface area is 110 Å². The van der Waals surface area contributed by atoms with E-state index in [9.17, 15) is 4.79 Å². The number of imidazole rings is 1. The summed E-state index contributed by atoms with van der Waals surface area (Å²) in [5, 5.41) is 0. The summed E-state index contributed by atoms with van der Waals surface area (Å²) in [7, 11) is 0. The zero-order valence-electron chi connectivity index (χ0n) is 10.4. The molecule has 0 fully saturated rings. The lowest BCUT2D eigenvalue weighted by molar-refractivity contribution is 0.102. The van der Waals surface area contributed by atoms with Crippen molar-refractivity contribution in [2.75, 3.05) is 0 Å². The minimum absolute atomic E-state index is 0.204. The fraction of sp³-hybridized carbons (Fsp3) is 0.143. The summed E-state index contributed by atoms with van der Waals surface area (Å²) in [5.41, 5.74) is 1.81. The number of carbonyl (C=O) groups is 1. The lowest BCUT2D eigenvalue weighted by Gasteiger charge is -2.04. The number of nitrogens with zero attached hydrogens (tertiary/aromatic N) is 4. The molecular weight excluding hydrogens is 240 g/mol. The summed E-state index contributed by atoms with van der Waals surface area (Å²) in [6, 6.07) is 7.47. The second-order valence-electron chi connectivity index (χ2n) is 4.11. The van der Waals surface area contributed by atoms with Gasteiger partial charge in [0.2, 0.25) is 5.78 Å². The van der Waals surface area contributed by atoms with E-state index in [2.05, 4.69) is 15.0 Å². The van der Waals surface area contributed by atoms with Crippen LogP contribution in [0.3, 0.4) is 0 Å². The van der Waals surface area contributed by atoms with E-state index in [4.69, 9.17) is 0 Å². The number of benzene rings is 1. The molecule has 0 bridgehead atoms. The van der Waals surface area contributed by atoms with Crippen molar-refractivity contribution in [3.05, 3.63) is 54.4 Å². The van der Waals surface area contributed by atoms with Gasteiger partial charge in [0.05, 0.1) is 17.2 Å². The van der Waals surface area contributed by atoms with Gasteiger partial charge in [0, 0.05) is 18.9 Å². The molecule has 0 aliphatic heterocycles. The van der Waals surface area contributed by atoms with Crippen LogP contribution in [0.25, 0.3) is 11.0 Å². The molecule has 3 rings (SSSR count). The van der Waals surface area contributed by atoms with Crippen molar-refractivity contribution in [3.63, 3.8) is 0 Å². The number of aromatic nitrogens is 4. The Balaban J connectivity index is 2.06. The molecule has 0 radical (unpaired) electrons. The van der Waals surface area contributed by atoms with Gasteiger partial charge in [0.1, 0.15) is 5.69 Å². The summed E-state index contributed by atoms with van der Waals surface area (Å²) < 4.78 is 1.79. The molecule has 94 valence electrons. The predicted molar refractivity (Wildman–Crippen MR) is 70.9 cm³/mol. The van der Waals surface area contributed by atoms with Gasteiger partial charge in [-0.2, -0.15) is 0 Å². The molecular formula is C14H12N4O. The first-order valence-corrected chi connectivity index (χ1v) is 6.07. The smallest absolute Gasteiger partial charge is 0.248 e. The molecule has 19 heavy (non-hydrogen) atoms. The minimum Gasteiger partial charge on any atom is -0.328 e. The monoisotopic (exact) mass is 252 g/mol. The zero-order valence-corrected chi connectivity index (χ0v) is 10.4. The van der Waals surface area contributed by atoms with Crippen LogP contribution in [0.5, 0.6) is 0 Å². The number of aryl methyl sites for hydroxylation is 1. The van der Waals surface area contributed by atoms with Crippen molar-refractivity contribution in [2.45, 2.75) is 13.5 Å². The van der Waals surface area contributed by atoms with Gasteiger partial charge in [0.25, 0.3) is 0 Å². The number of fused-ring (bicyclic) bond motifs is 1. The van der Waals surface area contributed by atoms with Gasteiger partial charge in [-0.25, -0.2) is 9.97 Å². The van der Waals surface area contributed by atoms with E-state index in [1.54, 1.807) is 17.0 Å². The summed E-state index contributed by atoms with van der Waals surface area (Å²) in [5.74, 6) is 0.192. The molecule has 2 aromatic heterocycles. The van der Waals surface area contributed by atoms with Crippen molar-refractivity contribution in [1.82, 2.24) is 19.5 Å². The molecule has 1 aromatic carbocycles. The van der Waals surface area contributed by atoms with Crippen molar-refractivity contribution < 1.29 is 4.79 Å². The Hall–Kier alpha value is -2.56. The second-order valence-corrected chi connectivity index (χ2v) is 4.11. The van der Waals surface area contributed by atoms with Gasteiger partial charge < -0.3 is 4.57 Å². The maximum absolute atomic E-state index is 12.3. The van der Waals surface area contributed by atoms with Gasteiger partial charge >= 0.3 is 0 Å². The highest BCUT2D eigenvalue weighted by Gasteiger charge is 2.16. The molecule has 0 atom stereocenters. The molecule has 0 amide bonds. The van der Waals surface area contributed by atoms with Crippen LogP contribution < -0.4 is 0 Å². The first-order chi connectivity index (χ1) is 9.29. The largest absolute Gasteiger partial charge is 0.328 e. The van der Waals surface area contributed by atoms with E-state index in [-0.39, 0.29) is 5.78 Å². The molecule has 0 aliphatic rings. The van der Waals surface area contributed by atoms with Crippen molar-refractivity contribution in [3.8, 4) is 0 Å². The van der Waals surface area contributed by atoms with Crippen LogP contribution in [0.2, 0.25) is 0 Å². The molecule has 5 heteroatoms. The third kappa shape index (κ3) is 1.99. The summed E-state index contributed by atoms with van der Waals surface area (Å²) >= 11 is 0. The fourth-order valence-corrected chi connectivity index (χ4v) is 1.95. The fourth-order valence-electron chi connectivity index (χ4n) is 1.95. The van der Waals surface area contributed by atoms with E-state index in [0.717, 1.165) is 5.52 Å². The molecule has 2 heterocycles. The Kier molecular flexibility index (Phi) is 2.79. The lowest BCUT2D eigenvalue weighted by Crippen LogP contribution is -2.12. The molecule has 0 aliphatic carbocycles. The average molecular weight is 252 g/mol. The van der Waals surface area contributed by atoms with E-state index < -0.39 is 0 Å². The minimum atomic E-state index is -0.204. The Morgan fingerprint density at radius 2 is 2.00 bits per heavy atom. The number of hydrogen-bond donors (Lipinski definition) is 0. The number of para-hydroxylation sites is 2. The Bertz CT molecular complexity index is 748. The standard InChI is InChI=1S/C14H12N4O/c1-2-18-8-7-15-14(18)13(19)12-9-16-10-5-3-4-6-11(10)17-12/h3-9H,2H2,1H3. The molecule has 0 saturated heterocycles. The zero-order chi connectivity index (χ0) is 13.2. The van der Waals surface area contributed by atoms with Gasteiger partial charge in [-0.3, -0.25) is 9.78 Å². The van der Waals surface area contributed by atoms with E-state index in [1.807, 2.05) is 31.2 Å². The van der Waals surface area contributed by atoms with E-state index >= 15 is 0 Å². The summed E-state index contributed by atoms with van der Waals surface area (Å²) in [4.78, 5) is 25.0. The lowest BCUT2D eigenvalue weighted by atomic mass is 10.2. The quantitative estimate of drug-likeness (QED) is 0.669. The Morgan fingerprint density at radius 1 is 1.21 bits per heavy atom. The molecule has 5 nitrogen and oxygen atoms in total. The average Bonchev–Trinajstić information content (AvgIpc) is 2.94. The number of ketones is 1. The third-order valence-electron chi connectivity index (χ3n) is 2.94. The van der Waals surface area contributed by atoms with Crippen molar-refractivity contribution in [1.29, 1.82) is 0 Å². The normalized spacial score (nSPS) is 10.8. The van der Waals surface area contributed by atoms with Crippen LogP contribution in [-0.4, -0.2) is 25.3 Å². The van der Waals surface area contributed by atoms with Crippen LogP contribution in [0, 0.1) is 0 Å². The summed E-state index contributed by atoms with van der Waals surface area (Å²) in [6.07, 6.45) is 4.90. The molecule has 0 N–H and O–H groups in total. The molecule has 3 aromatic rings. The maximum Gasteiger partial charge on any atom is 0.248 e. The molecule has 0 saturated carbocycles. The second kappa shape index (κ2) is 4.61. The van der Waals surface area contributed by atoms with Crippen LogP contribution in [0.1, 0.15) is 23.2 Å². The first-order valence-electron chi connectivity index (χ1n) is 6.07. The predicted octanol–water partition coefficient (Wildman–Crippen LogP) is 2.08. The number of hydrogen-bond acceptors (Lipinski definition) is 4. The number of rotatable bonds is 3. The van der Waals surface area contributed by atoms with Crippen LogP contribution in [0.15, 0.2) is 42.9 Å². The van der Waals surface area contributed by atoms with Gasteiger partial charge in [0.15, 0.2) is 5.82 Å². The van der Waals surface area contributed by atoms with E-state index in [0.29, 0.717) is 23.6 Å². The van der Waals surface area contributed by atoms with Gasteiger partial charge in [-0.05, 0) is 19.1 Å². The van der Waals surface area contributed by atoms with Crippen LogP contribution in [-0.2, 0) is 6.54 Å². The highest BCUT2D eigenvalue weighted by molar-refractivity contribution is 6.05. The third-order valence-corrected chi connectivity index (χ3v) is 2.94. The van der Waals surface area contributed by atoms with Crippen molar-refractivity contribution >= 4 is 16.8 Å². The van der Waals surface area contributed by atoms with Crippen molar-refractivity contribution in [2.24, 2.45) is 0 Å². The summed E-state index contributed by atoms with van der Waals surface area (Å²) in [6.45, 7) is 2.66. The van der Waals surface area contributed by atoms with E-state index in [1.165, 1.54) is 6.20 Å². The van der Waals surface area contributed by atoms with Gasteiger partial charge in [-0.1, -0.05) is 12.1 Å². The highest BCUT2D eigenvalue weighted by atomic mass is 16.1. The number of carbonyl (C=O) groups excluding carboxylic acids is 1. The molecule has 0 unspecified atom stereocenters. The topological polar surface area (TPSA) is 60.7 Å². The SMILES string of the molecule is CCn1ccnc1C(=O)c1cnc2ccccc2n1.